The molecule has 1 heterocycles. The van der Waals surface area contributed by atoms with E-state index in [1.165, 1.54) is 12.3 Å². The van der Waals surface area contributed by atoms with Crippen molar-refractivity contribution >= 4 is 28.9 Å². The lowest BCUT2D eigenvalue weighted by atomic mass is 10.2. The number of nitrogens with one attached hydrogen (secondary N) is 1. The number of anilines is 2. The maximum Gasteiger partial charge on any atom is 0.258 e. The van der Waals surface area contributed by atoms with E-state index in [1.54, 1.807) is 18.2 Å². The Balaban J connectivity index is 2.19. The predicted molar refractivity (Wildman–Crippen MR) is 79.2 cm³/mol. The van der Waals surface area contributed by atoms with Gasteiger partial charge in [0, 0.05) is 11.8 Å². The first-order chi connectivity index (χ1) is 9.60. The number of amides is 1. The number of rotatable bonds is 4. The van der Waals surface area contributed by atoms with Crippen molar-refractivity contribution in [3.05, 3.63) is 47.2 Å². The largest absolute Gasteiger partial charge is 0.494 e. The summed E-state index contributed by atoms with van der Waals surface area (Å²) in [5.41, 5.74) is 6.82. The quantitative estimate of drug-likeness (QED) is 0.849. The minimum atomic E-state index is -0.372. The normalized spacial score (nSPS) is 10.1. The molecule has 3 N–H and O–H groups in total. The number of ether oxygens (including phenoxy) is 1. The van der Waals surface area contributed by atoms with E-state index in [0.29, 0.717) is 23.7 Å². The number of halogens is 1. The van der Waals surface area contributed by atoms with Crippen LogP contribution in [0.15, 0.2) is 36.5 Å². The second kappa shape index (κ2) is 6.25. The number of carbonyl (C=O) groups is 1. The summed E-state index contributed by atoms with van der Waals surface area (Å²) in [7, 11) is 0. The number of nitrogen functional groups attached to an aromatic ring is 1. The van der Waals surface area contributed by atoms with Crippen LogP contribution in [0.1, 0.15) is 17.3 Å². The van der Waals surface area contributed by atoms with Gasteiger partial charge in [0.1, 0.15) is 10.9 Å². The fourth-order valence-corrected chi connectivity index (χ4v) is 1.84. The lowest BCUT2D eigenvalue weighted by Gasteiger charge is -2.09. The molecule has 104 valence electrons. The van der Waals surface area contributed by atoms with Crippen LogP contribution in [0, 0.1) is 0 Å². The Morgan fingerprint density at radius 1 is 1.45 bits per heavy atom. The molecule has 2 aromatic rings. The van der Waals surface area contributed by atoms with Gasteiger partial charge in [0.05, 0.1) is 24.1 Å². The number of hydrogen-bond donors (Lipinski definition) is 2. The Kier molecular flexibility index (Phi) is 4.42. The van der Waals surface area contributed by atoms with Crippen LogP contribution >= 0.6 is 11.6 Å². The second-order valence-electron chi connectivity index (χ2n) is 4.02. The van der Waals surface area contributed by atoms with Crippen LogP contribution in [0.4, 0.5) is 11.4 Å². The first-order valence-corrected chi connectivity index (χ1v) is 6.43. The SMILES string of the molecule is CCOc1cccc(NC(=O)c2cc(N)cnc2Cl)c1. The number of nitrogens with two attached hydrogens (primary N) is 1. The number of nitrogens with zero attached hydrogens (tertiary/aromatic N) is 1. The van der Waals surface area contributed by atoms with Crippen molar-refractivity contribution in [3.8, 4) is 5.75 Å². The van der Waals surface area contributed by atoms with Gasteiger partial charge in [0.15, 0.2) is 0 Å². The van der Waals surface area contributed by atoms with Crippen LogP contribution in [0.2, 0.25) is 5.15 Å². The van der Waals surface area contributed by atoms with Gasteiger partial charge in [0.25, 0.3) is 5.91 Å². The van der Waals surface area contributed by atoms with Crippen LogP contribution in [0.25, 0.3) is 0 Å². The molecule has 5 nitrogen and oxygen atoms in total. The highest BCUT2D eigenvalue weighted by molar-refractivity contribution is 6.33. The molecule has 0 aliphatic carbocycles. The van der Waals surface area contributed by atoms with Crippen molar-refractivity contribution in [3.63, 3.8) is 0 Å². The van der Waals surface area contributed by atoms with E-state index in [-0.39, 0.29) is 16.6 Å². The van der Waals surface area contributed by atoms with E-state index in [0.717, 1.165) is 0 Å². The molecule has 0 radical (unpaired) electrons. The zero-order valence-corrected chi connectivity index (χ0v) is 11.6. The van der Waals surface area contributed by atoms with Crippen LogP contribution < -0.4 is 15.8 Å². The fraction of sp³-hybridized carbons (Fsp3) is 0.143. The van der Waals surface area contributed by atoms with Gasteiger partial charge >= 0.3 is 0 Å². The summed E-state index contributed by atoms with van der Waals surface area (Å²) >= 11 is 5.89. The number of aromatic nitrogens is 1. The van der Waals surface area contributed by atoms with Crippen molar-refractivity contribution in [2.24, 2.45) is 0 Å². The van der Waals surface area contributed by atoms with Crippen LogP contribution in [0.3, 0.4) is 0 Å². The molecule has 0 aliphatic rings. The Labute approximate surface area is 121 Å². The average Bonchev–Trinajstić information content (AvgIpc) is 2.42. The summed E-state index contributed by atoms with van der Waals surface area (Å²) in [6.45, 7) is 2.45. The molecule has 0 atom stereocenters. The molecule has 0 bridgehead atoms. The smallest absolute Gasteiger partial charge is 0.258 e. The third-order valence-electron chi connectivity index (χ3n) is 2.51. The number of hydrogen-bond acceptors (Lipinski definition) is 4. The molecule has 20 heavy (non-hydrogen) atoms. The van der Waals surface area contributed by atoms with Crippen LogP contribution in [-0.4, -0.2) is 17.5 Å². The molecule has 2 rings (SSSR count). The molecule has 1 aromatic heterocycles. The monoisotopic (exact) mass is 291 g/mol. The van der Waals surface area contributed by atoms with E-state index in [9.17, 15) is 4.79 Å². The highest BCUT2D eigenvalue weighted by atomic mass is 35.5. The van der Waals surface area contributed by atoms with Gasteiger partial charge in [-0.1, -0.05) is 17.7 Å². The van der Waals surface area contributed by atoms with Crippen molar-refractivity contribution in [2.45, 2.75) is 6.92 Å². The third kappa shape index (κ3) is 3.39. The van der Waals surface area contributed by atoms with Gasteiger partial charge in [-0.05, 0) is 25.1 Å². The van der Waals surface area contributed by atoms with Gasteiger partial charge in [-0.2, -0.15) is 0 Å². The van der Waals surface area contributed by atoms with Crippen molar-refractivity contribution in [2.75, 3.05) is 17.7 Å². The standard InChI is InChI=1S/C14H14ClN3O2/c1-2-20-11-5-3-4-10(7-11)18-14(19)12-6-9(16)8-17-13(12)15/h3-8H,2,16H2,1H3,(H,18,19). The second-order valence-corrected chi connectivity index (χ2v) is 4.38. The topological polar surface area (TPSA) is 77.2 Å². The van der Waals surface area contributed by atoms with Crippen LogP contribution in [-0.2, 0) is 0 Å². The van der Waals surface area contributed by atoms with E-state index in [4.69, 9.17) is 22.1 Å². The Morgan fingerprint density at radius 3 is 3.00 bits per heavy atom. The molecule has 0 fully saturated rings. The maximum atomic E-state index is 12.1. The van der Waals surface area contributed by atoms with Gasteiger partial charge < -0.3 is 15.8 Å². The Hall–Kier alpha value is -2.27. The number of pyridine rings is 1. The molecule has 1 amide bonds. The van der Waals surface area contributed by atoms with Gasteiger partial charge in [-0.25, -0.2) is 4.98 Å². The predicted octanol–water partition coefficient (Wildman–Crippen LogP) is 2.97. The molecule has 0 aliphatic heterocycles. The minimum absolute atomic E-state index is 0.109. The van der Waals surface area contributed by atoms with E-state index < -0.39 is 0 Å². The summed E-state index contributed by atoms with van der Waals surface area (Å²) in [4.78, 5) is 16.0. The zero-order valence-electron chi connectivity index (χ0n) is 10.9. The molecule has 6 heteroatoms. The average molecular weight is 292 g/mol. The van der Waals surface area contributed by atoms with E-state index >= 15 is 0 Å². The molecule has 0 unspecified atom stereocenters. The maximum absolute atomic E-state index is 12.1. The first-order valence-electron chi connectivity index (χ1n) is 6.05. The first kappa shape index (κ1) is 14.1. The highest BCUT2D eigenvalue weighted by Gasteiger charge is 2.12. The zero-order chi connectivity index (χ0) is 14.5. The summed E-state index contributed by atoms with van der Waals surface area (Å²) < 4.78 is 5.37. The van der Waals surface area contributed by atoms with E-state index in [1.807, 2.05) is 13.0 Å². The molecule has 0 spiro atoms. The summed E-state index contributed by atoms with van der Waals surface area (Å²) in [5.74, 6) is 0.311. The molecule has 0 saturated carbocycles. The van der Waals surface area contributed by atoms with Gasteiger partial charge in [-0.3, -0.25) is 4.79 Å². The van der Waals surface area contributed by atoms with Gasteiger partial charge in [0.2, 0.25) is 0 Å². The number of carbonyl (C=O) groups excluding carboxylic acids is 1. The van der Waals surface area contributed by atoms with Crippen molar-refractivity contribution in [1.82, 2.24) is 4.98 Å². The fourth-order valence-electron chi connectivity index (χ4n) is 1.65. The summed E-state index contributed by atoms with van der Waals surface area (Å²) in [6, 6.07) is 8.58. The molecular formula is C14H14ClN3O2. The van der Waals surface area contributed by atoms with E-state index in [2.05, 4.69) is 10.3 Å². The highest BCUT2D eigenvalue weighted by Crippen LogP contribution is 2.20. The number of benzene rings is 1. The van der Waals surface area contributed by atoms with Crippen molar-refractivity contribution < 1.29 is 9.53 Å². The lowest BCUT2D eigenvalue weighted by Crippen LogP contribution is -2.13. The minimum Gasteiger partial charge on any atom is -0.494 e. The lowest BCUT2D eigenvalue weighted by molar-refractivity contribution is 0.102. The Bertz CT molecular complexity index is 632. The molecular weight excluding hydrogens is 278 g/mol. The third-order valence-corrected chi connectivity index (χ3v) is 2.81. The molecule has 0 saturated heterocycles. The molecule has 1 aromatic carbocycles. The van der Waals surface area contributed by atoms with Crippen LogP contribution in [0.5, 0.6) is 5.75 Å². The summed E-state index contributed by atoms with van der Waals surface area (Å²) in [5, 5.41) is 2.84. The Morgan fingerprint density at radius 2 is 2.25 bits per heavy atom. The van der Waals surface area contributed by atoms with Gasteiger partial charge in [-0.15, -0.1) is 0 Å². The van der Waals surface area contributed by atoms with Crippen molar-refractivity contribution in [1.29, 1.82) is 0 Å². The summed E-state index contributed by atoms with van der Waals surface area (Å²) in [6.07, 6.45) is 1.40.